The number of Topliss-reactive ketones (excluding diaryl/α,β-unsaturated/α-hetero) is 1. The Kier molecular flexibility index (Phi) is 2.39. The van der Waals surface area contributed by atoms with Gasteiger partial charge >= 0.3 is 0 Å². The zero-order valence-electron chi connectivity index (χ0n) is 9.61. The van der Waals surface area contributed by atoms with Crippen LogP contribution in [-0.4, -0.2) is 24.5 Å². The molecule has 86 valence electrons. The number of methoxy groups -OCH3 is 1. The normalized spacial score (nSPS) is 22.2. The van der Waals surface area contributed by atoms with E-state index in [4.69, 9.17) is 15.2 Å². The number of ketones is 1. The van der Waals surface area contributed by atoms with Crippen LogP contribution in [0.3, 0.4) is 0 Å². The molecule has 4 nitrogen and oxygen atoms in total. The highest BCUT2D eigenvalue weighted by Gasteiger charge is 2.40. The number of carbonyl (C=O) groups is 1. The molecule has 0 saturated carbocycles. The highest BCUT2D eigenvalue weighted by Crippen LogP contribution is 2.34. The van der Waals surface area contributed by atoms with Crippen molar-refractivity contribution in [1.82, 2.24) is 0 Å². The Labute approximate surface area is 94.3 Å². The van der Waals surface area contributed by atoms with Crippen LogP contribution in [0.2, 0.25) is 0 Å². The monoisotopic (exact) mass is 221 g/mol. The molecular formula is C12H15NO3. The van der Waals surface area contributed by atoms with E-state index in [9.17, 15) is 4.79 Å². The second kappa shape index (κ2) is 3.49. The molecule has 0 bridgehead atoms. The minimum absolute atomic E-state index is 0.0890. The molecule has 1 atom stereocenters. The number of fused-ring (bicyclic) bond motifs is 1. The molecule has 0 fully saturated rings. The van der Waals surface area contributed by atoms with Crippen molar-refractivity contribution < 1.29 is 14.3 Å². The topological polar surface area (TPSA) is 61.6 Å². The first-order valence-electron chi connectivity index (χ1n) is 5.12. The van der Waals surface area contributed by atoms with Gasteiger partial charge in [0.2, 0.25) is 0 Å². The summed E-state index contributed by atoms with van der Waals surface area (Å²) in [6.07, 6.45) is 0. The molecule has 0 aliphatic carbocycles. The van der Waals surface area contributed by atoms with Crippen LogP contribution in [0.1, 0.15) is 24.2 Å². The molecule has 0 amide bonds. The fraction of sp³-hybridized carbons (Fsp3) is 0.417. The van der Waals surface area contributed by atoms with E-state index in [1.54, 1.807) is 39.2 Å². The van der Waals surface area contributed by atoms with Crippen LogP contribution in [0.25, 0.3) is 0 Å². The van der Waals surface area contributed by atoms with Crippen LogP contribution in [0, 0.1) is 0 Å². The third-order valence-electron chi connectivity index (χ3n) is 2.86. The lowest BCUT2D eigenvalue weighted by molar-refractivity contribution is 0.0499. The van der Waals surface area contributed by atoms with Crippen molar-refractivity contribution in [1.29, 1.82) is 0 Å². The molecule has 1 heterocycles. The largest absolute Gasteiger partial charge is 0.497 e. The Morgan fingerprint density at radius 3 is 2.75 bits per heavy atom. The van der Waals surface area contributed by atoms with E-state index < -0.39 is 11.6 Å². The van der Waals surface area contributed by atoms with Gasteiger partial charge in [-0.2, -0.15) is 0 Å². The minimum atomic E-state index is -0.684. The van der Waals surface area contributed by atoms with E-state index >= 15 is 0 Å². The number of hydrogen-bond donors (Lipinski definition) is 1. The predicted octanol–water partition coefficient (Wildman–Crippen LogP) is 1.38. The second-order valence-corrected chi connectivity index (χ2v) is 4.41. The third-order valence-corrected chi connectivity index (χ3v) is 2.86. The van der Waals surface area contributed by atoms with Crippen LogP contribution in [0.4, 0.5) is 0 Å². The summed E-state index contributed by atoms with van der Waals surface area (Å²) in [6.45, 7) is 3.61. The maximum Gasteiger partial charge on any atom is 0.187 e. The predicted molar refractivity (Wildman–Crippen MR) is 60.0 cm³/mol. The number of hydrogen-bond acceptors (Lipinski definition) is 4. The highest BCUT2D eigenvalue weighted by atomic mass is 16.5. The van der Waals surface area contributed by atoms with Gasteiger partial charge < -0.3 is 15.2 Å². The fourth-order valence-electron chi connectivity index (χ4n) is 1.75. The van der Waals surface area contributed by atoms with Crippen molar-refractivity contribution in [3.63, 3.8) is 0 Å². The summed E-state index contributed by atoms with van der Waals surface area (Å²) in [5, 5.41) is 0. The summed E-state index contributed by atoms with van der Waals surface area (Å²) >= 11 is 0. The number of carbonyl (C=O) groups excluding carboxylic acids is 1. The van der Waals surface area contributed by atoms with Gasteiger partial charge in [0, 0.05) is 6.07 Å². The standard InChI is InChI=1S/C12H15NO3/c1-12(2)11(13)10(14)8-5-4-7(15-3)6-9(8)16-12/h4-6,11H,13H2,1-3H3. The summed E-state index contributed by atoms with van der Waals surface area (Å²) in [4.78, 5) is 12.0. The van der Waals surface area contributed by atoms with E-state index in [1.165, 1.54) is 0 Å². The average molecular weight is 221 g/mol. The average Bonchev–Trinajstić information content (AvgIpc) is 2.25. The van der Waals surface area contributed by atoms with Crippen molar-refractivity contribution in [2.24, 2.45) is 5.73 Å². The smallest absolute Gasteiger partial charge is 0.187 e. The lowest BCUT2D eigenvalue weighted by Gasteiger charge is -2.36. The number of nitrogens with two attached hydrogens (primary N) is 1. The molecule has 0 aromatic heterocycles. The van der Waals surface area contributed by atoms with Gasteiger partial charge in [0.05, 0.1) is 12.7 Å². The molecule has 0 radical (unpaired) electrons. The van der Waals surface area contributed by atoms with E-state index in [0.717, 1.165) is 0 Å². The SMILES string of the molecule is COc1ccc2c(c1)OC(C)(C)C(N)C2=O. The Morgan fingerprint density at radius 1 is 1.44 bits per heavy atom. The maximum absolute atomic E-state index is 12.0. The zero-order valence-corrected chi connectivity index (χ0v) is 9.61. The Bertz CT molecular complexity index is 440. The number of rotatable bonds is 1. The molecule has 1 aliphatic heterocycles. The van der Waals surface area contributed by atoms with Gasteiger partial charge in [0.15, 0.2) is 5.78 Å². The van der Waals surface area contributed by atoms with Crippen molar-refractivity contribution in [2.45, 2.75) is 25.5 Å². The first-order valence-corrected chi connectivity index (χ1v) is 5.12. The van der Waals surface area contributed by atoms with Gasteiger partial charge in [-0.25, -0.2) is 0 Å². The maximum atomic E-state index is 12.0. The van der Waals surface area contributed by atoms with Crippen LogP contribution < -0.4 is 15.2 Å². The van der Waals surface area contributed by atoms with Crippen molar-refractivity contribution in [3.05, 3.63) is 23.8 Å². The second-order valence-electron chi connectivity index (χ2n) is 4.41. The summed E-state index contributed by atoms with van der Waals surface area (Å²) in [6, 6.07) is 4.49. The highest BCUT2D eigenvalue weighted by molar-refractivity contribution is 6.04. The van der Waals surface area contributed by atoms with E-state index in [1.807, 2.05) is 0 Å². The molecule has 16 heavy (non-hydrogen) atoms. The van der Waals surface area contributed by atoms with Crippen LogP contribution in [-0.2, 0) is 0 Å². The third kappa shape index (κ3) is 1.55. The van der Waals surface area contributed by atoms with Gasteiger partial charge in [-0.1, -0.05) is 0 Å². The number of benzene rings is 1. The van der Waals surface area contributed by atoms with Crippen LogP contribution in [0.15, 0.2) is 18.2 Å². The van der Waals surface area contributed by atoms with Crippen LogP contribution >= 0.6 is 0 Å². The van der Waals surface area contributed by atoms with Gasteiger partial charge in [-0.3, -0.25) is 4.79 Å². The zero-order chi connectivity index (χ0) is 11.9. The van der Waals surface area contributed by atoms with Crippen molar-refractivity contribution >= 4 is 5.78 Å². The summed E-state index contributed by atoms with van der Waals surface area (Å²) in [5.74, 6) is 1.11. The first-order chi connectivity index (χ1) is 7.45. The Hall–Kier alpha value is -1.55. The summed E-state index contributed by atoms with van der Waals surface area (Å²) in [7, 11) is 1.57. The molecule has 1 aromatic carbocycles. The van der Waals surface area contributed by atoms with E-state index in [2.05, 4.69) is 0 Å². The fourth-order valence-corrected chi connectivity index (χ4v) is 1.75. The summed E-state index contributed by atoms with van der Waals surface area (Å²) < 4.78 is 10.8. The molecule has 2 N–H and O–H groups in total. The lowest BCUT2D eigenvalue weighted by atomic mass is 9.88. The van der Waals surface area contributed by atoms with Crippen molar-refractivity contribution in [3.8, 4) is 11.5 Å². The van der Waals surface area contributed by atoms with Gasteiger partial charge in [-0.05, 0) is 26.0 Å². The first kappa shape index (κ1) is 11.0. The molecule has 0 saturated heterocycles. The van der Waals surface area contributed by atoms with Gasteiger partial charge in [-0.15, -0.1) is 0 Å². The van der Waals surface area contributed by atoms with E-state index in [-0.39, 0.29) is 5.78 Å². The van der Waals surface area contributed by atoms with Crippen molar-refractivity contribution in [2.75, 3.05) is 7.11 Å². The number of ether oxygens (including phenoxy) is 2. The lowest BCUT2D eigenvalue weighted by Crippen LogP contribution is -2.55. The molecule has 1 unspecified atom stereocenters. The van der Waals surface area contributed by atoms with Gasteiger partial charge in [0.1, 0.15) is 23.1 Å². The Morgan fingerprint density at radius 2 is 2.12 bits per heavy atom. The molecule has 4 heteroatoms. The Balaban J connectivity index is 2.51. The van der Waals surface area contributed by atoms with E-state index in [0.29, 0.717) is 17.1 Å². The molecule has 1 aromatic rings. The molecule has 0 spiro atoms. The van der Waals surface area contributed by atoms with Gasteiger partial charge in [0.25, 0.3) is 0 Å². The summed E-state index contributed by atoms with van der Waals surface area (Å²) in [5.41, 5.74) is 5.67. The molecular weight excluding hydrogens is 206 g/mol. The van der Waals surface area contributed by atoms with Crippen LogP contribution in [0.5, 0.6) is 11.5 Å². The molecule has 2 rings (SSSR count). The molecule has 1 aliphatic rings. The minimum Gasteiger partial charge on any atom is -0.497 e. The quantitative estimate of drug-likeness (QED) is 0.778.